The zero-order valence-electron chi connectivity index (χ0n) is 13.4. The Balaban J connectivity index is 1.55. The van der Waals surface area contributed by atoms with Gasteiger partial charge in [0.15, 0.2) is 0 Å². The van der Waals surface area contributed by atoms with Gasteiger partial charge in [-0.25, -0.2) is 0 Å². The average Bonchev–Trinajstić information content (AvgIpc) is 3.14. The number of carbonyl (C=O) groups is 1. The number of amides is 1. The highest BCUT2D eigenvalue weighted by Crippen LogP contribution is 2.28. The normalized spacial score (nSPS) is 15.3. The summed E-state index contributed by atoms with van der Waals surface area (Å²) in [5.74, 6) is 0.490. The number of fused-ring (bicyclic) bond motifs is 1. The molecule has 1 aliphatic rings. The topological polar surface area (TPSA) is 53.9 Å². The zero-order chi connectivity index (χ0) is 16.0. The number of carbonyl (C=O) groups excluding carboxylic acids is 1. The molecule has 4 rings (SSSR count). The van der Waals surface area contributed by atoms with Gasteiger partial charge in [-0.15, -0.1) is 0 Å². The average molecular weight is 308 g/mol. The predicted octanol–water partition coefficient (Wildman–Crippen LogP) is 3.18. The Hall–Kier alpha value is -2.56. The molecule has 0 bridgehead atoms. The molecule has 1 saturated heterocycles. The van der Waals surface area contributed by atoms with Crippen molar-refractivity contribution in [1.82, 2.24) is 19.7 Å². The molecule has 3 heterocycles. The largest absolute Gasteiger partial charge is 0.345 e. The quantitative estimate of drug-likeness (QED) is 0.808. The lowest BCUT2D eigenvalue weighted by Crippen LogP contribution is -2.48. The minimum Gasteiger partial charge on any atom is -0.345 e. The van der Waals surface area contributed by atoms with Gasteiger partial charge in [-0.05, 0) is 43.5 Å². The minimum absolute atomic E-state index is 0.110. The molecule has 118 valence electrons. The molecule has 23 heavy (non-hydrogen) atoms. The second-order valence-corrected chi connectivity index (χ2v) is 6.51. The van der Waals surface area contributed by atoms with Gasteiger partial charge in [0.2, 0.25) is 0 Å². The van der Waals surface area contributed by atoms with E-state index in [9.17, 15) is 4.79 Å². The van der Waals surface area contributed by atoms with Gasteiger partial charge in [0.1, 0.15) is 0 Å². The molecule has 0 unspecified atom stereocenters. The summed E-state index contributed by atoms with van der Waals surface area (Å²) in [5.41, 5.74) is 3.00. The third-order valence-corrected chi connectivity index (χ3v) is 4.66. The lowest BCUT2D eigenvalue weighted by Gasteiger charge is -2.38. The van der Waals surface area contributed by atoms with E-state index < -0.39 is 0 Å². The Morgan fingerprint density at radius 1 is 1.26 bits per heavy atom. The van der Waals surface area contributed by atoms with Gasteiger partial charge < -0.3 is 9.47 Å². The number of H-pyrrole nitrogens is 1. The molecular formula is C18H20N4O. The molecule has 5 heteroatoms. The Morgan fingerprint density at radius 3 is 2.78 bits per heavy atom. The van der Waals surface area contributed by atoms with E-state index in [0.717, 1.165) is 29.9 Å². The lowest BCUT2D eigenvalue weighted by atomic mass is 9.95. The fraction of sp³-hybridized carbons (Fsp3) is 0.333. The first kappa shape index (κ1) is 14.1. The van der Waals surface area contributed by atoms with Crippen molar-refractivity contribution < 1.29 is 4.79 Å². The third-order valence-electron chi connectivity index (χ3n) is 4.66. The number of nitrogens with zero attached hydrogens (tertiary/aromatic N) is 3. The Labute approximate surface area is 134 Å². The standard InChI is InChI=1S/C18H20N4O/c1-12(2)22-8-6-13-3-4-14(9-17(13)22)18(23)21-10-15(11-21)16-5-7-19-20-16/h3-9,12,15H,10-11H2,1-2H3,(H,19,20). The fourth-order valence-corrected chi connectivity index (χ4v) is 3.25. The van der Waals surface area contributed by atoms with E-state index >= 15 is 0 Å². The first-order valence-electron chi connectivity index (χ1n) is 8.02. The number of aromatic amines is 1. The van der Waals surface area contributed by atoms with Crippen molar-refractivity contribution >= 4 is 16.8 Å². The maximum atomic E-state index is 12.7. The highest BCUT2D eigenvalue weighted by atomic mass is 16.2. The first-order chi connectivity index (χ1) is 11.1. The molecule has 0 saturated carbocycles. The van der Waals surface area contributed by atoms with Crippen molar-refractivity contribution in [2.45, 2.75) is 25.8 Å². The number of benzene rings is 1. The van der Waals surface area contributed by atoms with E-state index in [-0.39, 0.29) is 5.91 Å². The van der Waals surface area contributed by atoms with Crippen LogP contribution in [0, 0.1) is 0 Å². The highest BCUT2D eigenvalue weighted by Gasteiger charge is 2.33. The van der Waals surface area contributed by atoms with Crippen LogP contribution < -0.4 is 0 Å². The van der Waals surface area contributed by atoms with E-state index in [4.69, 9.17) is 0 Å². The van der Waals surface area contributed by atoms with Crippen LogP contribution in [0.1, 0.15) is 41.9 Å². The van der Waals surface area contributed by atoms with E-state index in [0.29, 0.717) is 12.0 Å². The van der Waals surface area contributed by atoms with Gasteiger partial charge >= 0.3 is 0 Å². The number of rotatable bonds is 3. The summed E-state index contributed by atoms with van der Waals surface area (Å²) >= 11 is 0. The third kappa shape index (κ3) is 2.32. The summed E-state index contributed by atoms with van der Waals surface area (Å²) < 4.78 is 2.20. The maximum Gasteiger partial charge on any atom is 0.253 e. The van der Waals surface area contributed by atoms with Crippen LogP contribution in [0.5, 0.6) is 0 Å². The van der Waals surface area contributed by atoms with Gasteiger partial charge in [0.05, 0.1) is 0 Å². The molecule has 0 aliphatic carbocycles. The van der Waals surface area contributed by atoms with Crippen molar-refractivity contribution in [3.63, 3.8) is 0 Å². The Morgan fingerprint density at radius 2 is 2.09 bits per heavy atom. The SMILES string of the molecule is CC(C)n1ccc2ccc(C(=O)N3CC(c4ccn[nH]4)C3)cc21. The van der Waals surface area contributed by atoms with Gasteiger partial charge in [0, 0.05) is 54.2 Å². The summed E-state index contributed by atoms with van der Waals surface area (Å²) in [5, 5.41) is 8.14. The number of aromatic nitrogens is 3. The number of nitrogens with one attached hydrogen (secondary N) is 1. The van der Waals surface area contributed by atoms with Crippen LogP contribution in [0.2, 0.25) is 0 Å². The van der Waals surface area contributed by atoms with E-state index in [2.05, 4.69) is 40.9 Å². The van der Waals surface area contributed by atoms with Crippen molar-refractivity contribution in [2.24, 2.45) is 0 Å². The lowest BCUT2D eigenvalue weighted by molar-refractivity contribution is 0.0599. The van der Waals surface area contributed by atoms with Crippen LogP contribution >= 0.6 is 0 Å². The molecule has 3 aromatic rings. The molecule has 1 amide bonds. The first-order valence-corrected chi connectivity index (χ1v) is 8.02. The molecular weight excluding hydrogens is 288 g/mol. The number of likely N-dealkylation sites (tertiary alicyclic amines) is 1. The number of hydrogen-bond acceptors (Lipinski definition) is 2. The Bertz CT molecular complexity index is 841. The monoisotopic (exact) mass is 308 g/mol. The van der Waals surface area contributed by atoms with Crippen LogP contribution in [0.25, 0.3) is 10.9 Å². The van der Waals surface area contributed by atoms with Gasteiger partial charge in [-0.3, -0.25) is 9.89 Å². The smallest absolute Gasteiger partial charge is 0.253 e. The van der Waals surface area contributed by atoms with Crippen molar-refractivity contribution in [3.8, 4) is 0 Å². The molecule has 1 aliphatic heterocycles. The fourth-order valence-electron chi connectivity index (χ4n) is 3.25. The summed E-state index contributed by atoms with van der Waals surface area (Å²) in [4.78, 5) is 14.6. The van der Waals surface area contributed by atoms with Crippen molar-refractivity contribution in [1.29, 1.82) is 0 Å². The Kier molecular flexibility index (Phi) is 3.22. The van der Waals surface area contributed by atoms with Crippen molar-refractivity contribution in [2.75, 3.05) is 13.1 Å². The van der Waals surface area contributed by atoms with Crippen LogP contribution in [-0.2, 0) is 0 Å². The van der Waals surface area contributed by atoms with Crippen LogP contribution in [0.15, 0.2) is 42.7 Å². The van der Waals surface area contributed by atoms with Crippen molar-refractivity contribution in [3.05, 3.63) is 54.0 Å². The molecule has 5 nitrogen and oxygen atoms in total. The maximum absolute atomic E-state index is 12.7. The molecule has 1 N–H and O–H groups in total. The molecule has 0 atom stereocenters. The molecule has 0 radical (unpaired) electrons. The summed E-state index contributed by atoms with van der Waals surface area (Å²) in [6.45, 7) is 5.81. The van der Waals surface area contributed by atoms with Gasteiger partial charge in [0.25, 0.3) is 5.91 Å². The molecule has 2 aromatic heterocycles. The van der Waals surface area contributed by atoms with E-state index in [1.165, 1.54) is 5.39 Å². The second kappa shape index (κ2) is 5.26. The molecule has 0 spiro atoms. The minimum atomic E-state index is 0.110. The highest BCUT2D eigenvalue weighted by molar-refractivity contribution is 5.98. The van der Waals surface area contributed by atoms with Gasteiger partial charge in [-0.2, -0.15) is 5.10 Å². The van der Waals surface area contributed by atoms with Crippen LogP contribution in [0.4, 0.5) is 0 Å². The molecule has 1 fully saturated rings. The molecule has 1 aromatic carbocycles. The van der Waals surface area contributed by atoms with Crippen LogP contribution in [0.3, 0.4) is 0 Å². The number of hydrogen-bond donors (Lipinski definition) is 1. The second-order valence-electron chi connectivity index (χ2n) is 6.51. The summed E-state index contributed by atoms with van der Waals surface area (Å²) in [6, 6.07) is 10.4. The zero-order valence-corrected chi connectivity index (χ0v) is 13.4. The summed E-state index contributed by atoms with van der Waals surface area (Å²) in [6.07, 6.45) is 3.84. The van der Waals surface area contributed by atoms with Crippen LogP contribution in [-0.4, -0.2) is 38.7 Å². The summed E-state index contributed by atoms with van der Waals surface area (Å²) in [7, 11) is 0. The van der Waals surface area contributed by atoms with E-state index in [1.807, 2.05) is 29.2 Å². The predicted molar refractivity (Wildman–Crippen MR) is 89.6 cm³/mol. The van der Waals surface area contributed by atoms with E-state index in [1.54, 1.807) is 6.20 Å². The van der Waals surface area contributed by atoms with Gasteiger partial charge in [-0.1, -0.05) is 6.07 Å².